The summed E-state index contributed by atoms with van der Waals surface area (Å²) in [5.74, 6) is -1.34. The number of rotatable bonds is 4. The van der Waals surface area contributed by atoms with E-state index in [1.54, 1.807) is 24.0 Å². The Labute approximate surface area is 147 Å². The number of benzene rings is 1. The number of aryl methyl sites for hydroxylation is 1. The average molecular weight is 347 g/mol. The Kier molecular flexibility index (Phi) is 6.80. The summed E-state index contributed by atoms with van der Waals surface area (Å²) in [6.45, 7) is 5.16. The second-order valence-corrected chi connectivity index (χ2v) is 5.94. The molecule has 1 aromatic carbocycles. The molecule has 0 aromatic heterocycles. The molecule has 3 amide bonds. The van der Waals surface area contributed by atoms with Crippen LogP contribution in [0.1, 0.15) is 32.3 Å². The van der Waals surface area contributed by atoms with Crippen LogP contribution in [-0.4, -0.2) is 48.5 Å². The first-order valence-corrected chi connectivity index (χ1v) is 8.66. The van der Waals surface area contributed by atoms with Crippen molar-refractivity contribution in [3.8, 4) is 0 Å². The van der Waals surface area contributed by atoms with Gasteiger partial charge in [0.2, 0.25) is 0 Å². The molecule has 2 N–H and O–H groups in total. The van der Waals surface area contributed by atoms with Gasteiger partial charge in [-0.05, 0) is 43.9 Å². The van der Waals surface area contributed by atoms with Crippen molar-refractivity contribution in [2.75, 3.05) is 25.0 Å². The number of carbonyl (C=O) groups is 3. The Bertz CT molecular complexity index is 607. The number of likely N-dealkylation sites (tertiary alicyclic amines) is 1. The van der Waals surface area contributed by atoms with Crippen LogP contribution in [0.4, 0.5) is 10.5 Å². The number of carbonyl (C=O) groups excluding carboxylic acids is 3. The molecule has 0 radical (unpaired) electrons. The molecule has 0 unspecified atom stereocenters. The molecule has 1 aromatic rings. The Balaban J connectivity index is 1.77. The van der Waals surface area contributed by atoms with Crippen LogP contribution in [0, 0.1) is 0 Å². The molecule has 7 nitrogen and oxygen atoms in total. The van der Waals surface area contributed by atoms with Crippen LogP contribution in [0.3, 0.4) is 0 Å². The van der Waals surface area contributed by atoms with Gasteiger partial charge in [0, 0.05) is 24.8 Å². The molecule has 1 fully saturated rings. The van der Waals surface area contributed by atoms with Gasteiger partial charge in [0.1, 0.15) is 0 Å². The Morgan fingerprint density at radius 3 is 2.28 bits per heavy atom. The van der Waals surface area contributed by atoms with Crippen LogP contribution in [-0.2, 0) is 20.7 Å². The van der Waals surface area contributed by atoms with E-state index in [1.165, 1.54) is 0 Å². The molecule has 25 heavy (non-hydrogen) atoms. The molecule has 0 saturated carbocycles. The number of nitrogens with zero attached hydrogens (tertiary/aromatic N) is 1. The van der Waals surface area contributed by atoms with Crippen molar-refractivity contribution >= 4 is 23.6 Å². The minimum Gasteiger partial charge on any atom is -0.450 e. The van der Waals surface area contributed by atoms with Crippen LogP contribution in [0.15, 0.2) is 24.3 Å². The van der Waals surface area contributed by atoms with Gasteiger partial charge in [-0.2, -0.15) is 0 Å². The van der Waals surface area contributed by atoms with Crippen LogP contribution in [0.2, 0.25) is 0 Å². The van der Waals surface area contributed by atoms with E-state index in [4.69, 9.17) is 4.74 Å². The van der Waals surface area contributed by atoms with Crippen LogP contribution in [0.25, 0.3) is 0 Å². The second kappa shape index (κ2) is 9.05. The molecule has 1 saturated heterocycles. The Morgan fingerprint density at radius 2 is 1.72 bits per heavy atom. The topological polar surface area (TPSA) is 87.7 Å². The van der Waals surface area contributed by atoms with Gasteiger partial charge in [0.25, 0.3) is 0 Å². The number of nitrogens with one attached hydrogen (secondary N) is 2. The van der Waals surface area contributed by atoms with E-state index >= 15 is 0 Å². The van der Waals surface area contributed by atoms with Gasteiger partial charge in [-0.1, -0.05) is 19.1 Å². The molecule has 2 rings (SSSR count). The third kappa shape index (κ3) is 5.48. The molecule has 1 heterocycles. The van der Waals surface area contributed by atoms with Gasteiger partial charge >= 0.3 is 17.9 Å². The van der Waals surface area contributed by atoms with Crippen molar-refractivity contribution in [1.29, 1.82) is 0 Å². The number of anilines is 1. The molecule has 0 atom stereocenters. The largest absolute Gasteiger partial charge is 0.450 e. The summed E-state index contributed by atoms with van der Waals surface area (Å²) in [6, 6.07) is 7.27. The van der Waals surface area contributed by atoms with Crippen molar-refractivity contribution in [3.05, 3.63) is 29.8 Å². The maximum atomic E-state index is 12.0. The van der Waals surface area contributed by atoms with E-state index in [9.17, 15) is 14.4 Å². The zero-order chi connectivity index (χ0) is 18.2. The maximum absolute atomic E-state index is 12.0. The van der Waals surface area contributed by atoms with Crippen molar-refractivity contribution in [2.45, 2.75) is 39.2 Å². The van der Waals surface area contributed by atoms with Crippen LogP contribution < -0.4 is 10.6 Å². The fraction of sp³-hybridized carbons (Fsp3) is 0.500. The zero-order valence-electron chi connectivity index (χ0n) is 14.7. The van der Waals surface area contributed by atoms with Gasteiger partial charge in [0.05, 0.1) is 6.61 Å². The van der Waals surface area contributed by atoms with Crippen molar-refractivity contribution in [1.82, 2.24) is 10.2 Å². The quantitative estimate of drug-likeness (QED) is 0.815. The summed E-state index contributed by atoms with van der Waals surface area (Å²) in [5.41, 5.74) is 1.75. The van der Waals surface area contributed by atoms with Crippen LogP contribution >= 0.6 is 0 Å². The number of amides is 3. The van der Waals surface area contributed by atoms with E-state index in [-0.39, 0.29) is 12.1 Å². The minimum absolute atomic E-state index is 0.119. The number of hydrogen-bond acceptors (Lipinski definition) is 4. The minimum atomic E-state index is -0.683. The third-order valence-corrected chi connectivity index (χ3v) is 4.18. The smallest absolute Gasteiger partial charge is 0.409 e. The van der Waals surface area contributed by atoms with E-state index in [1.807, 2.05) is 19.1 Å². The van der Waals surface area contributed by atoms with E-state index < -0.39 is 11.8 Å². The standard InChI is InChI=1S/C18H25N3O4/c1-3-13-5-7-14(8-6-13)19-16(22)17(23)20-15-9-11-21(12-10-15)18(24)25-4-2/h5-8,15H,3-4,9-12H2,1-2H3,(H,19,22)(H,20,23). The third-order valence-electron chi connectivity index (χ3n) is 4.18. The summed E-state index contributed by atoms with van der Waals surface area (Å²) >= 11 is 0. The molecule has 136 valence electrons. The second-order valence-electron chi connectivity index (χ2n) is 5.94. The normalized spacial score (nSPS) is 14.7. The summed E-state index contributed by atoms with van der Waals surface area (Å²) in [7, 11) is 0. The average Bonchev–Trinajstić information content (AvgIpc) is 2.63. The summed E-state index contributed by atoms with van der Waals surface area (Å²) in [4.78, 5) is 37.3. The first-order chi connectivity index (χ1) is 12.0. The SMILES string of the molecule is CCOC(=O)N1CCC(NC(=O)C(=O)Nc2ccc(CC)cc2)CC1. The van der Waals surface area contributed by atoms with Gasteiger partial charge in [-0.3, -0.25) is 9.59 Å². The van der Waals surface area contributed by atoms with Crippen molar-refractivity contribution in [2.24, 2.45) is 0 Å². The van der Waals surface area contributed by atoms with E-state index in [0.717, 1.165) is 12.0 Å². The first kappa shape index (κ1) is 18.8. The van der Waals surface area contributed by atoms with Crippen molar-refractivity contribution in [3.63, 3.8) is 0 Å². The Hall–Kier alpha value is -2.57. The molecule has 0 bridgehead atoms. The molecule has 1 aliphatic heterocycles. The lowest BCUT2D eigenvalue weighted by Crippen LogP contribution is -2.49. The first-order valence-electron chi connectivity index (χ1n) is 8.66. The number of ether oxygens (including phenoxy) is 1. The number of piperidine rings is 1. The monoisotopic (exact) mass is 347 g/mol. The fourth-order valence-electron chi connectivity index (χ4n) is 2.68. The highest BCUT2D eigenvalue weighted by Crippen LogP contribution is 2.12. The van der Waals surface area contributed by atoms with Crippen molar-refractivity contribution < 1.29 is 19.1 Å². The molecule has 1 aliphatic rings. The summed E-state index contributed by atoms with van der Waals surface area (Å²) < 4.78 is 4.95. The summed E-state index contributed by atoms with van der Waals surface area (Å²) in [5, 5.41) is 5.31. The predicted molar refractivity (Wildman–Crippen MR) is 94.2 cm³/mol. The maximum Gasteiger partial charge on any atom is 0.409 e. The molecule has 0 spiro atoms. The molecule has 0 aliphatic carbocycles. The van der Waals surface area contributed by atoms with Gasteiger partial charge in [0.15, 0.2) is 0 Å². The highest BCUT2D eigenvalue weighted by molar-refractivity contribution is 6.39. The van der Waals surface area contributed by atoms with E-state index in [0.29, 0.717) is 38.2 Å². The van der Waals surface area contributed by atoms with Crippen LogP contribution in [0.5, 0.6) is 0 Å². The molecule has 7 heteroatoms. The predicted octanol–water partition coefficient (Wildman–Crippen LogP) is 1.92. The highest BCUT2D eigenvalue weighted by atomic mass is 16.6. The highest BCUT2D eigenvalue weighted by Gasteiger charge is 2.26. The fourth-order valence-corrected chi connectivity index (χ4v) is 2.68. The lowest BCUT2D eigenvalue weighted by molar-refractivity contribution is -0.136. The zero-order valence-corrected chi connectivity index (χ0v) is 14.7. The van der Waals surface area contributed by atoms with Gasteiger partial charge in [-0.15, -0.1) is 0 Å². The lowest BCUT2D eigenvalue weighted by Gasteiger charge is -2.31. The van der Waals surface area contributed by atoms with Gasteiger partial charge in [-0.25, -0.2) is 4.79 Å². The lowest BCUT2D eigenvalue weighted by atomic mass is 10.1. The Morgan fingerprint density at radius 1 is 1.08 bits per heavy atom. The van der Waals surface area contributed by atoms with E-state index in [2.05, 4.69) is 10.6 Å². The molecular weight excluding hydrogens is 322 g/mol. The molecular formula is C18H25N3O4. The number of hydrogen-bond donors (Lipinski definition) is 2. The summed E-state index contributed by atoms with van der Waals surface area (Å²) in [6.07, 6.45) is 1.78. The van der Waals surface area contributed by atoms with Gasteiger partial charge < -0.3 is 20.3 Å².